The van der Waals surface area contributed by atoms with Crippen LogP contribution in [-0.4, -0.2) is 4.98 Å². The number of hydrogen-bond donors (Lipinski definition) is 1. The fraction of sp³-hybridized carbons (Fsp3) is 0.250. The fourth-order valence-corrected chi connectivity index (χ4v) is 0.956. The van der Waals surface area contributed by atoms with E-state index in [2.05, 4.69) is 4.98 Å². The molecule has 0 atom stereocenters. The first-order chi connectivity index (χ1) is 6.61. The van der Waals surface area contributed by atoms with E-state index in [1.54, 1.807) is 0 Å². The Morgan fingerprint density at radius 2 is 2.21 bits per heavy atom. The summed E-state index contributed by atoms with van der Waals surface area (Å²) in [5, 5.41) is 8.46. The van der Waals surface area contributed by atoms with E-state index in [-0.39, 0.29) is 12.1 Å². The van der Waals surface area contributed by atoms with Gasteiger partial charge in [-0.15, -0.1) is 0 Å². The average Bonchev–Trinajstić information content (AvgIpc) is 2.17. The molecule has 0 bridgehead atoms. The van der Waals surface area contributed by atoms with Crippen LogP contribution in [0.2, 0.25) is 0 Å². The highest BCUT2D eigenvalue weighted by atomic mass is 19.3. The first kappa shape index (κ1) is 10.5. The number of nitriles is 1. The normalized spacial score (nSPS) is 10.3. The van der Waals surface area contributed by atoms with E-state index < -0.39 is 23.5 Å². The number of halogens is 3. The van der Waals surface area contributed by atoms with Crippen molar-refractivity contribution in [2.45, 2.75) is 13.0 Å². The maximum atomic E-state index is 13.2. The molecule has 0 radical (unpaired) electrons. The van der Waals surface area contributed by atoms with Gasteiger partial charge in [0.2, 0.25) is 0 Å². The largest absolute Gasteiger partial charge is 0.326 e. The fourth-order valence-electron chi connectivity index (χ4n) is 0.956. The third-order valence-electron chi connectivity index (χ3n) is 1.66. The minimum Gasteiger partial charge on any atom is -0.326 e. The van der Waals surface area contributed by atoms with Gasteiger partial charge in [0.05, 0.1) is 0 Å². The molecule has 0 amide bonds. The molecule has 1 aromatic heterocycles. The lowest BCUT2D eigenvalue weighted by Crippen LogP contribution is -2.06. The summed E-state index contributed by atoms with van der Waals surface area (Å²) in [6.45, 7) is -0.184. The highest BCUT2D eigenvalue weighted by molar-refractivity contribution is 5.38. The molecule has 0 saturated heterocycles. The molecule has 2 N–H and O–H groups in total. The summed E-state index contributed by atoms with van der Waals surface area (Å²) in [7, 11) is 0. The van der Waals surface area contributed by atoms with Gasteiger partial charge < -0.3 is 5.73 Å². The van der Waals surface area contributed by atoms with Gasteiger partial charge in [0.25, 0.3) is 6.43 Å². The Labute approximate surface area is 78.0 Å². The molecule has 1 rings (SSSR count). The Morgan fingerprint density at radius 3 is 2.64 bits per heavy atom. The van der Waals surface area contributed by atoms with Crippen molar-refractivity contribution in [1.82, 2.24) is 4.98 Å². The lowest BCUT2D eigenvalue weighted by molar-refractivity contribution is 0.145. The minimum atomic E-state index is -2.97. The Kier molecular flexibility index (Phi) is 3.04. The van der Waals surface area contributed by atoms with Crippen LogP contribution in [0.5, 0.6) is 0 Å². The maximum absolute atomic E-state index is 13.2. The van der Waals surface area contributed by atoms with E-state index in [4.69, 9.17) is 11.0 Å². The van der Waals surface area contributed by atoms with Gasteiger partial charge in [0.1, 0.15) is 23.1 Å². The molecule has 1 aromatic rings. The second-order valence-electron chi connectivity index (χ2n) is 2.47. The van der Waals surface area contributed by atoms with Gasteiger partial charge in [-0.05, 0) is 0 Å². The number of aromatic nitrogens is 1. The molecule has 0 aliphatic carbocycles. The summed E-state index contributed by atoms with van der Waals surface area (Å²) in [4.78, 5) is 3.29. The highest BCUT2D eigenvalue weighted by Gasteiger charge is 2.20. The van der Waals surface area contributed by atoms with Gasteiger partial charge in [-0.2, -0.15) is 5.26 Å². The van der Waals surface area contributed by atoms with Crippen LogP contribution in [0.1, 0.15) is 23.2 Å². The van der Waals surface area contributed by atoms with Crippen molar-refractivity contribution in [2.24, 2.45) is 5.73 Å². The standard InChI is InChI=1S/C8H6F3N3/c9-6-4(1-12)3-14-7(8(10)11)5(6)2-13/h3,8H,1,12H2. The molecule has 3 nitrogen and oxygen atoms in total. The van der Waals surface area contributed by atoms with Crippen molar-refractivity contribution < 1.29 is 13.2 Å². The molecule has 1 heterocycles. The molecule has 74 valence electrons. The summed E-state index contributed by atoms with van der Waals surface area (Å²) in [5.41, 5.74) is 3.49. The van der Waals surface area contributed by atoms with Gasteiger partial charge in [0, 0.05) is 18.3 Å². The number of alkyl halides is 2. The minimum absolute atomic E-state index is 0.0500. The quantitative estimate of drug-likeness (QED) is 0.788. The van der Waals surface area contributed by atoms with Gasteiger partial charge >= 0.3 is 0 Å². The van der Waals surface area contributed by atoms with Crippen LogP contribution in [0.25, 0.3) is 0 Å². The number of nitrogens with zero attached hydrogens (tertiary/aromatic N) is 2. The van der Waals surface area contributed by atoms with E-state index >= 15 is 0 Å². The molecular formula is C8H6F3N3. The van der Waals surface area contributed by atoms with E-state index in [0.717, 1.165) is 6.20 Å². The maximum Gasteiger partial charge on any atom is 0.281 e. The van der Waals surface area contributed by atoms with Crippen molar-refractivity contribution in [3.63, 3.8) is 0 Å². The number of rotatable bonds is 2. The van der Waals surface area contributed by atoms with E-state index in [0.29, 0.717) is 0 Å². The van der Waals surface area contributed by atoms with Crippen LogP contribution in [-0.2, 0) is 6.54 Å². The lowest BCUT2D eigenvalue weighted by atomic mass is 10.1. The summed E-state index contributed by atoms with van der Waals surface area (Å²) < 4.78 is 37.7. The molecule has 0 fully saturated rings. The van der Waals surface area contributed by atoms with E-state index in [9.17, 15) is 13.2 Å². The van der Waals surface area contributed by atoms with Gasteiger partial charge in [-0.3, -0.25) is 4.98 Å². The Hall–Kier alpha value is -1.61. The molecule has 0 aromatic carbocycles. The molecule has 0 unspecified atom stereocenters. The Bertz CT molecular complexity index is 384. The van der Waals surface area contributed by atoms with E-state index in [1.165, 1.54) is 6.07 Å². The van der Waals surface area contributed by atoms with Gasteiger partial charge in [0.15, 0.2) is 0 Å². The third kappa shape index (κ3) is 1.67. The summed E-state index contributed by atoms with van der Waals surface area (Å²) >= 11 is 0. The molecule has 0 aliphatic heterocycles. The Morgan fingerprint density at radius 1 is 1.57 bits per heavy atom. The van der Waals surface area contributed by atoms with Crippen LogP contribution in [0.3, 0.4) is 0 Å². The summed E-state index contributed by atoms with van der Waals surface area (Å²) in [6, 6.07) is 1.35. The van der Waals surface area contributed by atoms with Crippen LogP contribution >= 0.6 is 0 Å². The van der Waals surface area contributed by atoms with Gasteiger partial charge in [-0.25, -0.2) is 13.2 Å². The third-order valence-corrected chi connectivity index (χ3v) is 1.66. The molecule has 0 aliphatic rings. The first-order valence-corrected chi connectivity index (χ1v) is 3.67. The second-order valence-corrected chi connectivity index (χ2v) is 2.47. The van der Waals surface area contributed by atoms with Crippen molar-refractivity contribution in [3.8, 4) is 6.07 Å². The van der Waals surface area contributed by atoms with Crippen molar-refractivity contribution >= 4 is 0 Å². The topological polar surface area (TPSA) is 62.7 Å². The second kappa shape index (κ2) is 4.07. The lowest BCUT2D eigenvalue weighted by Gasteiger charge is -2.05. The average molecular weight is 201 g/mol. The number of pyridine rings is 1. The van der Waals surface area contributed by atoms with Crippen LogP contribution in [0.4, 0.5) is 13.2 Å². The predicted molar refractivity (Wildman–Crippen MR) is 41.8 cm³/mol. The zero-order valence-corrected chi connectivity index (χ0v) is 6.97. The molecule has 0 spiro atoms. The zero-order chi connectivity index (χ0) is 10.7. The molecular weight excluding hydrogens is 195 g/mol. The van der Waals surface area contributed by atoms with Crippen LogP contribution in [0, 0.1) is 17.1 Å². The Balaban J connectivity index is 3.38. The van der Waals surface area contributed by atoms with Gasteiger partial charge in [-0.1, -0.05) is 0 Å². The molecule has 0 saturated carbocycles. The smallest absolute Gasteiger partial charge is 0.281 e. The van der Waals surface area contributed by atoms with Crippen molar-refractivity contribution in [1.29, 1.82) is 5.26 Å². The van der Waals surface area contributed by atoms with Crippen LogP contribution in [0.15, 0.2) is 6.20 Å². The van der Waals surface area contributed by atoms with Crippen LogP contribution < -0.4 is 5.73 Å². The number of hydrogen-bond acceptors (Lipinski definition) is 3. The zero-order valence-electron chi connectivity index (χ0n) is 6.97. The molecule has 6 heteroatoms. The number of nitrogens with two attached hydrogens (primary N) is 1. The predicted octanol–water partition coefficient (Wildman–Crippen LogP) is 1.49. The first-order valence-electron chi connectivity index (χ1n) is 3.67. The SMILES string of the molecule is N#Cc1c(C(F)F)ncc(CN)c1F. The van der Waals surface area contributed by atoms with Crippen molar-refractivity contribution in [3.05, 3.63) is 28.8 Å². The monoisotopic (exact) mass is 201 g/mol. The molecule has 14 heavy (non-hydrogen) atoms. The highest BCUT2D eigenvalue weighted by Crippen LogP contribution is 2.23. The summed E-state index contributed by atoms with van der Waals surface area (Å²) in [5.74, 6) is -1.01. The van der Waals surface area contributed by atoms with E-state index in [1.807, 2.05) is 0 Å². The van der Waals surface area contributed by atoms with Crippen molar-refractivity contribution in [2.75, 3.05) is 0 Å². The summed E-state index contributed by atoms with van der Waals surface area (Å²) in [6.07, 6.45) is -2.05.